The number of methoxy groups -OCH3 is 1. The maximum Gasteiger partial charge on any atom is 0.234 e. The summed E-state index contributed by atoms with van der Waals surface area (Å²) in [6, 6.07) is 9.69. The van der Waals surface area contributed by atoms with E-state index in [0.29, 0.717) is 9.47 Å². The number of benzene rings is 1. The highest BCUT2D eigenvalue weighted by Crippen LogP contribution is 2.31. The number of carbonyl (C=O) groups is 1. The van der Waals surface area contributed by atoms with E-state index < -0.39 is 10.8 Å². The third kappa shape index (κ3) is 5.58. The summed E-state index contributed by atoms with van der Waals surface area (Å²) >= 11 is 2.67. The molecular weight excluding hydrogens is 382 g/mol. The fourth-order valence-electron chi connectivity index (χ4n) is 2.00. The molecule has 0 fully saturated rings. The van der Waals surface area contributed by atoms with E-state index >= 15 is 0 Å². The quantitative estimate of drug-likeness (QED) is 0.644. The van der Waals surface area contributed by atoms with Gasteiger partial charge >= 0.3 is 0 Å². The highest BCUT2D eigenvalue weighted by atomic mass is 32.2. The fourth-order valence-corrected chi connectivity index (χ4v) is 3.91. The molecule has 0 spiro atoms. The molecular formula is C18H23N5O2S2. The van der Waals surface area contributed by atoms with Crippen molar-refractivity contribution in [1.82, 2.24) is 15.5 Å². The average Bonchev–Trinajstić information content (AvgIpc) is 3.08. The Morgan fingerprint density at radius 2 is 2.11 bits per heavy atom. The zero-order valence-corrected chi connectivity index (χ0v) is 17.6. The molecule has 0 saturated carbocycles. The number of amides is 1. The van der Waals surface area contributed by atoms with Gasteiger partial charge in [0, 0.05) is 11.8 Å². The molecule has 1 amide bonds. The van der Waals surface area contributed by atoms with E-state index in [1.54, 1.807) is 21.0 Å². The Morgan fingerprint density at radius 1 is 1.37 bits per heavy atom. The minimum Gasteiger partial charge on any atom is -0.497 e. The molecule has 1 heterocycles. The molecule has 7 nitrogen and oxygen atoms in total. The van der Waals surface area contributed by atoms with E-state index in [2.05, 4.69) is 26.9 Å². The molecule has 0 unspecified atom stereocenters. The van der Waals surface area contributed by atoms with Crippen LogP contribution in [-0.2, 0) is 4.79 Å². The number of nitriles is 1. The van der Waals surface area contributed by atoms with Crippen molar-refractivity contribution in [1.29, 1.82) is 5.26 Å². The summed E-state index contributed by atoms with van der Waals surface area (Å²) in [7, 11) is 1.61. The number of hydrogen-bond donors (Lipinski definition) is 2. The molecule has 2 atom stereocenters. The van der Waals surface area contributed by atoms with Gasteiger partial charge in [0.25, 0.3) is 0 Å². The number of ether oxygens (including phenoxy) is 1. The van der Waals surface area contributed by atoms with Gasteiger partial charge in [-0.15, -0.1) is 10.2 Å². The standard InChI is InChI=1S/C18H23N5O2S2/c1-11(2)18(4,10-19)21-15(24)12(3)26-17-23-22-16(27-17)20-13-7-6-8-14(9-13)25-5/h6-9,11-12H,1-5H3,(H,20,22)(H,21,24)/t12-,18+/m0/s1. The molecule has 2 rings (SSSR count). The van der Waals surface area contributed by atoms with Crippen LogP contribution in [0.1, 0.15) is 27.7 Å². The summed E-state index contributed by atoms with van der Waals surface area (Å²) in [6.07, 6.45) is 0. The summed E-state index contributed by atoms with van der Waals surface area (Å²) in [6.45, 7) is 7.33. The van der Waals surface area contributed by atoms with Gasteiger partial charge < -0.3 is 15.4 Å². The van der Waals surface area contributed by atoms with Gasteiger partial charge in [0.2, 0.25) is 11.0 Å². The Kier molecular flexibility index (Phi) is 7.05. The molecule has 0 radical (unpaired) electrons. The maximum absolute atomic E-state index is 12.4. The molecule has 0 aliphatic heterocycles. The molecule has 0 aliphatic rings. The lowest BCUT2D eigenvalue weighted by Crippen LogP contribution is -2.51. The third-order valence-corrected chi connectivity index (χ3v) is 6.17. The predicted octanol–water partition coefficient (Wildman–Crippen LogP) is 3.83. The van der Waals surface area contributed by atoms with Crippen molar-refractivity contribution >= 4 is 39.8 Å². The largest absolute Gasteiger partial charge is 0.497 e. The van der Waals surface area contributed by atoms with E-state index in [4.69, 9.17) is 4.74 Å². The second-order valence-electron chi connectivity index (χ2n) is 6.45. The Morgan fingerprint density at radius 3 is 2.74 bits per heavy atom. The molecule has 0 aliphatic carbocycles. The van der Waals surface area contributed by atoms with Crippen molar-refractivity contribution in [3.63, 3.8) is 0 Å². The first-order valence-electron chi connectivity index (χ1n) is 8.42. The number of nitrogens with zero attached hydrogens (tertiary/aromatic N) is 3. The van der Waals surface area contributed by atoms with Crippen LogP contribution in [0.3, 0.4) is 0 Å². The monoisotopic (exact) mass is 405 g/mol. The van der Waals surface area contributed by atoms with Crippen LogP contribution in [0.5, 0.6) is 5.75 Å². The SMILES string of the molecule is COc1cccc(Nc2nnc(S[C@@H](C)C(=O)N[C@](C)(C#N)C(C)C)s2)c1. The smallest absolute Gasteiger partial charge is 0.234 e. The Balaban J connectivity index is 1.98. The van der Waals surface area contributed by atoms with Crippen LogP contribution in [0.2, 0.25) is 0 Å². The van der Waals surface area contributed by atoms with Crippen LogP contribution in [0.25, 0.3) is 0 Å². The number of rotatable bonds is 8. The number of aromatic nitrogens is 2. The number of anilines is 2. The van der Waals surface area contributed by atoms with Crippen molar-refractivity contribution in [3.05, 3.63) is 24.3 Å². The van der Waals surface area contributed by atoms with Gasteiger partial charge in [-0.3, -0.25) is 4.79 Å². The highest BCUT2D eigenvalue weighted by molar-refractivity contribution is 8.02. The van der Waals surface area contributed by atoms with E-state index in [1.165, 1.54) is 23.1 Å². The van der Waals surface area contributed by atoms with E-state index in [-0.39, 0.29) is 11.8 Å². The van der Waals surface area contributed by atoms with E-state index in [0.717, 1.165) is 11.4 Å². The summed E-state index contributed by atoms with van der Waals surface area (Å²) in [5.41, 5.74) is -0.0545. The van der Waals surface area contributed by atoms with Crippen LogP contribution in [0.4, 0.5) is 10.8 Å². The lowest BCUT2D eigenvalue weighted by molar-refractivity contribution is -0.121. The van der Waals surface area contributed by atoms with Crippen LogP contribution >= 0.6 is 23.1 Å². The lowest BCUT2D eigenvalue weighted by Gasteiger charge is -2.28. The van der Waals surface area contributed by atoms with Gasteiger partial charge in [-0.05, 0) is 31.9 Å². The zero-order valence-electron chi connectivity index (χ0n) is 15.9. The average molecular weight is 406 g/mol. The normalized spacial score (nSPS) is 14.1. The second kappa shape index (κ2) is 9.06. The lowest BCUT2D eigenvalue weighted by atomic mass is 9.90. The first kappa shape index (κ1) is 21.0. The van der Waals surface area contributed by atoms with Gasteiger partial charge in [-0.2, -0.15) is 5.26 Å². The number of hydrogen-bond acceptors (Lipinski definition) is 8. The van der Waals surface area contributed by atoms with Crippen molar-refractivity contribution in [2.45, 2.75) is 42.8 Å². The first-order chi connectivity index (χ1) is 12.8. The number of carbonyl (C=O) groups excluding carboxylic acids is 1. The number of thioether (sulfide) groups is 1. The summed E-state index contributed by atoms with van der Waals surface area (Å²) in [5, 5.41) is 23.8. The van der Waals surface area contributed by atoms with Crippen molar-refractivity contribution in [2.24, 2.45) is 5.92 Å². The van der Waals surface area contributed by atoms with Crippen LogP contribution in [0.15, 0.2) is 28.6 Å². The molecule has 1 aromatic carbocycles. The molecule has 27 heavy (non-hydrogen) atoms. The molecule has 0 saturated heterocycles. The third-order valence-electron chi connectivity index (χ3n) is 4.14. The first-order valence-corrected chi connectivity index (χ1v) is 10.1. The molecule has 1 aromatic heterocycles. The van der Waals surface area contributed by atoms with Crippen LogP contribution in [-0.4, -0.2) is 34.0 Å². The molecule has 0 bridgehead atoms. The highest BCUT2D eigenvalue weighted by Gasteiger charge is 2.32. The topological polar surface area (TPSA) is 99.9 Å². The minimum atomic E-state index is -0.897. The van der Waals surface area contributed by atoms with Gasteiger partial charge in [0.15, 0.2) is 4.34 Å². The van der Waals surface area contributed by atoms with Gasteiger partial charge in [0.1, 0.15) is 11.3 Å². The van der Waals surface area contributed by atoms with Crippen LogP contribution in [0, 0.1) is 17.2 Å². The zero-order chi connectivity index (χ0) is 20.0. The predicted molar refractivity (Wildman–Crippen MR) is 109 cm³/mol. The van der Waals surface area contributed by atoms with Crippen molar-refractivity contribution in [3.8, 4) is 11.8 Å². The van der Waals surface area contributed by atoms with Gasteiger partial charge in [-0.25, -0.2) is 0 Å². The van der Waals surface area contributed by atoms with Crippen molar-refractivity contribution < 1.29 is 9.53 Å². The van der Waals surface area contributed by atoms with Crippen LogP contribution < -0.4 is 15.4 Å². The van der Waals surface area contributed by atoms with Gasteiger partial charge in [0.05, 0.1) is 18.4 Å². The summed E-state index contributed by atoms with van der Waals surface area (Å²) < 4.78 is 5.87. The summed E-state index contributed by atoms with van der Waals surface area (Å²) in [5.74, 6) is 0.550. The molecule has 2 N–H and O–H groups in total. The van der Waals surface area contributed by atoms with E-state index in [9.17, 15) is 10.1 Å². The Labute approximate surface area is 167 Å². The Bertz CT molecular complexity index is 833. The molecule has 2 aromatic rings. The maximum atomic E-state index is 12.4. The minimum absolute atomic E-state index is 0.00356. The van der Waals surface area contributed by atoms with E-state index in [1.807, 2.05) is 38.1 Å². The molecule has 144 valence electrons. The van der Waals surface area contributed by atoms with Crippen molar-refractivity contribution in [2.75, 3.05) is 12.4 Å². The Hall–Kier alpha value is -2.31. The van der Waals surface area contributed by atoms with Gasteiger partial charge in [-0.1, -0.05) is 43.0 Å². The second-order valence-corrected chi connectivity index (χ2v) is 9.01. The molecule has 9 heteroatoms. The summed E-state index contributed by atoms with van der Waals surface area (Å²) in [4.78, 5) is 12.4. The fraction of sp³-hybridized carbons (Fsp3) is 0.444. The number of nitrogens with one attached hydrogen (secondary N) is 2.